The van der Waals surface area contributed by atoms with Gasteiger partial charge in [0.15, 0.2) is 11.5 Å². The minimum absolute atomic E-state index is 0.0571. The lowest BCUT2D eigenvalue weighted by atomic mass is 9.87. The molecule has 2 N–H and O–H groups in total. The number of amides is 2. The van der Waals surface area contributed by atoms with Gasteiger partial charge in [0.1, 0.15) is 13.2 Å². The molecule has 0 radical (unpaired) electrons. The van der Waals surface area contributed by atoms with E-state index in [4.69, 9.17) is 9.47 Å². The zero-order valence-corrected chi connectivity index (χ0v) is 15.5. The lowest BCUT2D eigenvalue weighted by Gasteiger charge is -2.29. The lowest BCUT2D eigenvalue weighted by molar-refractivity contribution is 0.171. The van der Waals surface area contributed by atoms with Crippen molar-refractivity contribution in [3.63, 3.8) is 0 Å². The van der Waals surface area contributed by atoms with Gasteiger partial charge in [-0.3, -0.25) is 0 Å². The van der Waals surface area contributed by atoms with Gasteiger partial charge in [0, 0.05) is 6.04 Å². The highest BCUT2D eigenvalue weighted by Crippen LogP contribution is 2.34. The second-order valence-electron chi connectivity index (χ2n) is 7.70. The van der Waals surface area contributed by atoms with Gasteiger partial charge in [-0.05, 0) is 55.2 Å². The van der Waals surface area contributed by atoms with Crippen LogP contribution >= 0.6 is 0 Å². The SMILES string of the molecule is CC1CCC(NC(=O)N[C@@H](c2ccc3c(c2)OCCO3)C(C)C)CC1. The van der Waals surface area contributed by atoms with Crippen LogP contribution in [0, 0.1) is 11.8 Å². The van der Waals surface area contributed by atoms with E-state index in [0.29, 0.717) is 19.3 Å². The first-order valence-electron chi connectivity index (χ1n) is 9.49. The number of carbonyl (C=O) groups excluding carboxylic acids is 1. The molecule has 0 bridgehead atoms. The van der Waals surface area contributed by atoms with Crippen LogP contribution in [0.1, 0.15) is 58.1 Å². The van der Waals surface area contributed by atoms with Gasteiger partial charge in [-0.2, -0.15) is 0 Å². The number of benzene rings is 1. The molecule has 1 aromatic carbocycles. The molecule has 0 unspecified atom stereocenters. The average Bonchev–Trinajstić information content (AvgIpc) is 2.61. The monoisotopic (exact) mass is 346 g/mol. The van der Waals surface area contributed by atoms with Crippen molar-refractivity contribution in [2.75, 3.05) is 13.2 Å². The van der Waals surface area contributed by atoms with Gasteiger partial charge in [0.2, 0.25) is 0 Å². The van der Waals surface area contributed by atoms with Crippen molar-refractivity contribution in [2.45, 2.75) is 58.5 Å². The number of urea groups is 1. The molecule has 1 aliphatic carbocycles. The number of nitrogens with one attached hydrogen (secondary N) is 2. The Kier molecular flexibility index (Phi) is 5.71. The van der Waals surface area contributed by atoms with Crippen molar-refractivity contribution in [1.29, 1.82) is 0 Å². The van der Waals surface area contributed by atoms with E-state index < -0.39 is 0 Å². The molecule has 0 aromatic heterocycles. The van der Waals surface area contributed by atoms with Crippen molar-refractivity contribution in [3.05, 3.63) is 23.8 Å². The molecule has 3 rings (SSSR count). The van der Waals surface area contributed by atoms with Gasteiger partial charge in [0.25, 0.3) is 0 Å². The number of hydrogen-bond donors (Lipinski definition) is 2. The highest BCUT2D eigenvalue weighted by atomic mass is 16.6. The van der Waals surface area contributed by atoms with Gasteiger partial charge in [-0.25, -0.2) is 4.79 Å². The third-order valence-electron chi connectivity index (χ3n) is 5.23. The fraction of sp³-hybridized carbons (Fsp3) is 0.650. The summed E-state index contributed by atoms with van der Waals surface area (Å²) in [5.41, 5.74) is 1.05. The third-order valence-corrected chi connectivity index (χ3v) is 5.23. The number of carbonyl (C=O) groups is 1. The van der Waals surface area contributed by atoms with Crippen LogP contribution in [0.5, 0.6) is 11.5 Å². The van der Waals surface area contributed by atoms with Crippen LogP contribution in [-0.2, 0) is 0 Å². The summed E-state index contributed by atoms with van der Waals surface area (Å²) >= 11 is 0. The second kappa shape index (κ2) is 7.98. The third kappa shape index (κ3) is 4.59. The summed E-state index contributed by atoms with van der Waals surface area (Å²) in [6, 6.07) is 6.10. The van der Waals surface area contributed by atoms with Crippen LogP contribution in [0.2, 0.25) is 0 Å². The largest absolute Gasteiger partial charge is 0.486 e. The van der Waals surface area contributed by atoms with Gasteiger partial charge in [0.05, 0.1) is 6.04 Å². The van der Waals surface area contributed by atoms with Crippen molar-refractivity contribution < 1.29 is 14.3 Å². The summed E-state index contributed by atoms with van der Waals surface area (Å²) in [6.45, 7) is 7.67. The quantitative estimate of drug-likeness (QED) is 0.865. The predicted molar refractivity (Wildman–Crippen MR) is 98.1 cm³/mol. The maximum atomic E-state index is 12.5. The Labute approximate surface area is 150 Å². The summed E-state index contributed by atoms with van der Waals surface area (Å²) in [6.07, 6.45) is 4.54. The normalized spacial score (nSPS) is 23.8. The Balaban J connectivity index is 1.64. The molecule has 138 valence electrons. The summed E-state index contributed by atoms with van der Waals surface area (Å²) in [7, 11) is 0. The highest BCUT2D eigenvalue weighted by Gasteiger charge is 2.24. The fourth-order valence-electron chi connectivity index (χ4n) is 3.66. The molecule has 25 heavy (non-hydrogen) atoms. The zero-order chi connectivity index (χ0) is 17.8. The standard InChI is InChI=1S/C20H30N2O3/c1-13(2)19(15-6-9-17-18(12-15)25-11-10-24-17)22-20(23)21-16-7-4-14(3)5-8-16/h6,9,12-14,16,19H,4-5,7-8,10-11H2,1-3H3,(H2,21,22,23)/t14?,16?,19-/m1/s1. The molecule has 2 amide bonds. The molecule has 0 saturated heterocycles. The molecule has 2 aliphatic rings. The van der Waals surface area contributed by atoms with Crippen LogP contribution in [0.15, 0.2) is 18.2 Å². The molecule has 1 aliphatic heterocycles. The fourth-order valence-corrected chi connectivity index (χ4v) is 3.66. The number of rotatable bonds is 4. The predicted octanol–water partition coefficient (Wildman–Crippen LogP) is 4.03. The van der Waals surface area contributed by atoms with Gasteiger partial charge in [-0.1, -0.05) is 26.8 Å². The summed E-state index contributed by atoms with van der Waals surface area (Å²) in [5.74, 6) is 2.60. The van der Waals surface area contributed by atoms with E-state index in [-0.39, 0.29) is 18.0 Å². The van der Waals surface area contributed by atoms with E-state index in [2.05, 4.69) is 31.4 Å². The molecule has 1 heterocycles. The molecule has 1 saturated carbocycles. The lowest BCUT2D eigenvalue weighted by Crippen LogP contribution is -2.45. The highest BCUT2D eigenvalue weighted by molar-refractivity contribution is 5.75. The summed E-state index contributed by atoms with van der Waals surface area (Å²) in [4.78, 5) is 12.5. The second-order valence-corrected chi connectivity index (χ2v) is 7.70. The van der Waals surface area contributed by atoms with Crippen LogP contribution in [0.25, 0.3) is 0 Å². The van der Waals surface area contributed by atoms with E-state index in [1.807, 2.05) is 18.2 Å². The Morgan fingerprint density at radius 1 is 1.08 bits per heavy atom. The molecule has 5 heteroatoms. The molecular weight excluding hydrogens is 316 g/mol. The average molecular weight is 346 g/mol. The van der Waals surface area contributed by atoms with Gasteiger partial charge in [-0.15, -0.1) is 0 Å². The topological polar surface area (TPSA) is 59.6 Å². The molecule has 1 fully saturated rings. The first kappa shape index (κ1) is 17.9. The molecule has 0 spiro atoms. The van der Waals surface area contributed by atoms with E-state index in [0.717, 1.165) is 35.8 Å². The first-order valence-corrected chi connectivity index (χ1v) is 9.49. The van der Waals surface area contributed by atoms with Crippen LogP contribution in [0.4, 0.5) is 4.79 Å². The first-order chi connectivity index (χ1) is 12.0. The zero-order valence-electron chi connectivity index (χ0n) is 15.5. The van der Waals surface area contributed by atoms with Gasteiger partial charge >= 0.3 is 6.03 Å². The molecule has 1 aromatic rings. The number of hydrogen-bond acceptors (Lipinski definition) is 3. The minimum Gasteiger partial charge on any atom is -0.486 e. The molecular formula is C20H30N2O3. The number of fused-ring (bicyclic) bond motifs is 1. The summed E-state index contributed by atoms with van der Waals surface area (Å²) < 4.78 is 11.3. The van der Waals surface area contributed by atoms with Crippen LogP contribution in [0.3, 0.4) is 0 Å². The Hall–Kier alpha value is -1.91. The summed E-state index contributed by atoms with van der Waals surface area (Å²) in [5, 5.41) is 6.30. The number of ether oxygens (including phenoxy) is 2. The smallest absolute Gasteiger partial charge is 0.315 e. The van der Waals surface area contributed by atoms with Crippen LogP contribution < -0.4 is 20.1 Å². The van der Waals surface area contributed by atoms with Gasteiger partial charge < -0.3 is 20.1 Å². The van der Waals surface area contributed by atoms with Crippen molar-refractivity contribution >= 4 is 6.03 Å². The Morgan fingerprint density at radius 3 is 2.44 bits per heavy atom. The van der Waals surface area contributed by atoms with Crippen molar-refractivity contribution in [3.8, 4) is 11.5 Å². The minimum atomic E-state index is -0.0758. The van der Waals surface area contributed by atoms with Crippen LogP contribution in [-0.4, -0.2) is 25.3 Å². The maximum absolute atomic E-state index is 12.5. The van der Waals surface area contributed by atoms with Crippen molar-refractivity contribution in [2.24, 2.45) is 11.8 Å². The molecule has 1 atom stereocenters. The Bertz CT molecular complexity index is 595. The van der Waals surface area contributed by atoms with E-state index in [9.17, 15) is 4.79 Å². The van der Waals surface area contributed by atoms with E-state index >= 15 is 0 Å². The molecule has 5 nitrogen and oxygen atoms in total. The van der Waals surface area contributed by atoms with E-state index in [1.54, 1.807) is 0 Å². The maximum Gasteiger partial charge on any atom is 0.315 e. The van der Waals surface area contributed by atoms with Crippen molar-refractivity contribution in [1.82, 2.24) is 10.6 Å². The Morgan fingerprint density at radius 2 is 1.76 bits per heavy atom. The van der Waals surface area contributed by atoms with E-state index in [1.165, 1.54) is 12.8 Å².